The monoisotopic (exact) mass is 360 g/mol. The summed E-state index contributed by atoms with van der Waals surface area (Å²) in [6, 6.07) is 12.5. The average Bonchev–Trinajstić information content (AvgIpc) is 2.49. The van der Waals surface area contributed by atoms with Crippen LogP contribution < -0.4 is 0 Å². The maximum Gasteiger partial charge on any atom is 0.242 e. The second-order valence-corrected chi connectivity index (χ2v) is 6.31. The van der Waals surface area contributed by atoms with E-state index in [2.05, 4.69) is 0 Å². The van der Waals surface area contributed by atoms with Gasteiger partial charge in [0.2, 0.25) is 15.9 Å². The standard InChI is InChI=1S/C15H8Cl4O2/c16-11-8-4-7-10(12(11)17)14(21)15(18,19)13(20)9-5-2-1-3-6-9/h1-8H. The minimum atomic E-state index is -2.27. The molecule has 0 fully saturated rings. The van der Waals surface area contributed by atoms with Gasteiger partial charge in [0, 0.05) is 11.1 Å². The number of Topliss-reactive ketones (excluding diaryl/α,β-unsaturated/α-hetero) is 2. The van der Waals surface area contributed by atoms with Gasteiger partial charge in [0.25, 0.3) is 0 Å². The predicted molar refractivity (Wildman–Crippen MR) is 86.0 cm³/mol. The van der Waals surface area contributed by atoms with E-state index in [0.717, 1.165) is 0 Å². The summed E-state index contributed by atoms with van der Waals surface area (Å²) < 4.78 is -2.27. The van der Waals surface area contributed by atoms with E-state index in [1.54, 1.807) is 18.2 Å². The van der Waals surface area contributed by atoms with E-state index < -0.39 is 15.9 Å². The highest BCUT2D eigenvalue weighted by Gasteiger charge is 2.43. The van der Waals surface area contributed by atoms with Gasteiger partial charge in [-0.2, -0.15) is 0 Å². The van der Waals surface area contributed by atoms with Crippen molar-refractivity contribution in [3.05, 3.63) is 69.7 Å². The Balaban J connectivity index is 2.42. The van der Waals surface area contributed by atoms with Gasteiger partial charge in [0.15, 0.2) is 0 Å². The van der Waals surface area contributed by atoms with Crippen LogP contribution in [-0.4, -0.2) is 15.9 Å². The number of carbonyl (C=O) groups excluding carboxylic acids is 2. The molecule has 0 saturated carbocycles. The summed E-state index contributed by atoms with van der Waals surface area (Å²) in [5.41, 5.74) is 0.229. The number of halogens is 4. The summed E-state index contributed by atoms with van der Waals surface area (Å²) in [6.45, 7) is 0. The average molecular weight is 362 g/mol. The van der Waals surface area contributed by atoms with Gasteiger partial charge in [-0.1, -0.05) is 82.8 Å². The van der Waals surface area contributed by atoms with E-state index in [-0.39, 0.29) is 21.2 Å². The molecule has 0 bridgehead atoms. The lowest BCUT2D eigenvalue weighted by atomic mass is 10.0. The Kier molecular flexibility index (Phi) is 4.95. The zero-order valence-electron chi connectivity index (χ0n) is 10.4. The first kappa shape index (κ1) is 16.3. The lowest BCUT2D eigenvalue weighted by Crippen LogP contribution is -2.36. The summed E-state index contributed by atoms with van der Waals surface area (Å²) in [5, 5.41) is 0.189. The molecule has 108 valence electrons. The van der Waals surface area contributed by atoms with Crippen molar-refractivity contribution >= 4 is 58.0 Å². The minimum Gasteiger partial charge on any atom is -0.290 e. The van der Waals surface area contributed by atoms with Crippen LogP contribution in [0.15, 0.2) is 48.5 Å². The van der Waals surface area contributed by atoms with Crippen molar-refractivity contribution in [3.63, 3.8) is 0 Å². The highest BCUT2D eigenvalue weighted by atomic mass is 35.5. The molecule has 0 aliphatic heterocycles. The van der Waals surface area contributed by atoms with Crippen LogP contribution in [0.2, 0.25) is 10.0 Å². The first-order valence-corrected chi connectivity index (χ1v) is 7.33. The summed E-state index contributed by atoms with van der Waals surface area (Å²) in [6.07, 6.45) is 0. The van der Waals surface area contributed by atoms with Crippen molar-refractivity contribution in [2.75, 3.05) is 0 Å². The second kappa shape index (κ2) is 6.37. The van der Waals surface area contributed by atoms with E-state index in [1.165, 1.54) is 30.3 Å². The highest BCUT2D eigenvalue weighted by Crippen LogP contribution is 2.35. The van der Waals surface area contributed by atoms with Crippen LogP contribution in [0.3, 0.4) is 0 Å². The molecule has 0 aromatic heterocycles. The summed E-state index contributed by atoms with van der Waals surface area (Å²) in [7, 11) is 0. The van der Waals surface area contributed by atoms with Gasteiger partial charge in [-0.25, -0.2) is 0 Å². The highest BCUT2D eigenvalue weighted by molar-refractivity contribution is 6.71. The Labute approximate surface area is 141 Å². The van der Waals surface area contributed by atoms with Gasteiger partial charge in [0.1, 0.15) is 0 Å². The second-order valence-electron chi connectivity index (χ2n) is 4.20. The van der Waals surface area contributed by atoms with Crippen LogP contribution in [0.1, 0.15) is 20.7 Å². The van der Waals surface area contributed by atoms with Gasteiger partial charge in [0.05, 0.1) is 10.0 Å². The Morgan fingerprint density at radius 3 is 2.05 bits per heavy atom. The third-order valence-corrected chi connectivity index (χ3v) is 4.31. The van der Waals surface area contributed by atoms with E-state index in [0.29, 0.717) is 0 Å². The quantitative estimate of drug-likeness (QED) is 0.424. The van der Waals surface area contributed by atoms with E-state index in [4.69, 9.17) is 46.4 Å². The zero-order chi connectivity index (χ0) is 15.6. The van der Waals surface area contributed by atoms with Crippen molar-refractivity contribution in [1.29, 1.82) is 0 Å². The van der Waals surface area contributed by atoms with Gasteiger partial charge >= 0.3 is 0 Å². The van der Waals surface area contributed by atoms with E-state index in [1.807, 2.05) is 0 Å². The molecule has 21 heavy (non-hydrogen) atoms. The molecular weight excluding hydrogens is 354 g/mol. The van der Waals surface area contributed by atoms with Crippen molar-refractivity contribution in [2.24, 2.45) is 0 Å². The number of ketones is 2. The van der Waals surface area contributed by atoms with Crippen LogP contribution in [0.25, 0.3) is 0 Å². The van der Waals surface area contributed by atoms with Crippen molar-refractivity contribution in [1.82, 2.24) is 0 Å². The van der Waals surface area contributed by atoms with Gasteiger partial charge in [-0.3, -0.25) is 9.59 Å². The molecule has 2 rings (SSSR count). The molecule has 0 aliphatic carbocycles. The van der Waals surface area contributed by atoms with Gasteiger partial charge < -0.3 is 0 Å². The molecule has 0 amide bonds. The first-order valence-electron chi connectivity index (χ1n) is 5.82. The molecule has 0 aliphatic rings. The molecule has 0 radical (unpaired) electrons. The molecule has 0 atom stereocenters. The summed E-state index contributed by atoms with van der Waals surface area (Å²) >= 11 is 23.8. The van der Waals surface area contributed by atoms with Crippen LogP contribution in [0.4, 0.5) is 0 Å². The first-order chi connectivity index (χ1) is 9.85. The molecule has 6 heteroatoms. The zero-order valence-corrected chi connectivity index (χ0v) is 13.5. The van der Waals surface area contributed by atoms with E-state index in [9.17, 15) is 9.59 Å². The third-order valence-electron chi connectivity index (χ3n) is 2.80. The summed E-state index contributed by atoms with van der Waals surface area (Å²) in [4.78, 5) is 24.7. The molecule has 2 aromatic carbocycles. The normalized spacial score (nSPS) is 11.2. The fourth-order valence-electron chi connectivity index (χ4n) is 1.72. The minimum absolute atomic E-state index is 0.00144. The fourth-order valence-corrected chi connectivity index (χ4v) is 2.53. The molecule has 0 heterocycles. The number of carbonyl (C=O) groups is 2. The topological polar surface area (TPSA) is 34.1 Å². The number of hydrogen-bond acceptors (Lipinski definition) is 2. The van der Waals surface area contributed by atoms with Crippen molar-refractivity contribution in [2.45, 2.75) is 4.33 Å². The molecule has 0 N–H and O–H groups in total. The number of rotatable bonds is 4. The predicted octanol–water partition coefficient (Wildman–Crippen LogP) is 5.23. The maximum absolute atomic E-state index is 12.4. The molecule has 2 nitrogen and oxygen atoms in total. The number of benzene rings is 2. The Bertz CT molecular complexity index is 696. The molecule has 0 spiro atoms. The third kappa shape index (κ3) is 3.24. The van der Waals surface area contributed by atoms with Crippen LogP contribution >= 0.6 is 46.4 Å². The molecule has 0 saturated heterocycles. The van der Waals surface area contributed by atoms with Crippen LogP contribution in [-0.2, 0) is 0 Å². The van der Waals surface area contributed by atoms with E-state index >= 15 is 0 Å². The lowest BCUT2D eigenvalue weighted by molar-refractivity contribution is 0.0879. The van der Waals surface area contributed by atoms with Crippen molar-refractivity contribution in [3.8, 4) is 0 Å². The summed E-state index contributed by atoms with van der Waals surface area (Å²) in [5.74, 6) is -1.53. The lowest BCUT2D eigenvalue weighted by Gasteiger charge is -2.18. The van der Waals surface area contributed by atoms with Gasteiger partial charge in [-0.05, 0) is 12.1 Å². The molecular formula is C15H8Cl4O2. The molecule has 0 unspecified atom stereocenters. The van der Waals surface area contributed by atoms with Gasteiger partial charge in [-0.15, -0.1) is 0 Å². The van der Waals surface area contributed by atoms with Crippen LogP contribution in [0, 0.1) is 0 Å². The Morgan fingerprint density at radius 1 is 0.810 bits per heavy atom. The Hall–Kier alpha value is -1.06. The number of hydrogen-bond donors (Lipinski definition) is 0. The SMILES string of the molecule is O=C(c1ccccc1)C(Cl)(Cl)C(=O)c1cccc(Cl)c1Cl. The largest absolute Gasteiger partial charge is 0.290 e. The van der Waals surface area contributed by atoms with Crippen LogP contribution in [0.5, 0.6) is 0 Å². The molecule has 2 aromatic rings. The van der Waals surface area contributed by atoms with Crippen molar-refractivity contribution < 1.29 is 9.59 Å². The maximum atomic E-state index is 12.4. The number of alkyl halides is 2. The fraction of sp³-hybridized carbons (Fsp3) is 0.0667. The Morgan fingerprint density at radius 2 is 1.43 bits per heavy atom. The smallest absolute Gasteiger partial charge is 0.242 e.